The van der Waals surface area contributed by atoms with E-state index >= 15 is 0 Å². The summed E-state index contributed by atoms with van der Waals surface area (Å²) < 4.78 is 0. The highest BCUT2D eigenvalue weighted by Gasteiger charge is 2.16. The van der Waals surface area contributed by atoms with Gasteiger partial charge in [0, 0.05) is 10.4 Å². The van der Waals surface area contributed by atoms with Crippen molar-refractivity contribution in [3.05, 3.63) is 45.6 Å². The molecule has 1 heterocycles. The quantitative estimate of drug-likeness (QED) is 0.856. The predicted octanol–water partition coefficient (Wildman–Crippen LogP) is 3.73. The summed E-state index contributed by atoms with van der Waals surface area (Å²) in [5.74, 6) is -0.852. The van der Waals surface area contributed by atoms with Crippen LogP contribution in [0, 0.1) is 13.8 Å². The first-order valence-electron chi connectivity index (χ1n) is 4.98. The molecule has 82 valence electrons. The summed E-state index contributed by atoms with van der Waals surface area (Å²) in [5.41, 5.74) is 3.38. The SMILES string of the molecule is Cc1ccc(-c2csc(C)c2C(=O)O)cc1. The van der Waals surface area contributed by atoms with E-state index in [4.69, 9.17) is 5.11 Å². The van der Waals surface area contributed by atoms with Crippen molar-refractivity contribution in [1.29, 1.82) is 0 Å². The maximum absolute atomic E-state index is 11.2. The van der Waals surface area contributed by atoms with Gasteiger partial charge >= 0.3 is 5.97 Å². The molecule has 2 nitrogen and oxygen atoms in total. The second kappa shape index (κ2) is 4.10. The normalized spacial score (nSPS) is 10.4. The van der Waals surface area contributed by atoms with Crippen LogP contribution < -0.4 is 0 Å². The van der Waals surface area contributed by atoms with Gasteiger partial charge in [-0.1, -0.05) is 29.8 Å². The molecule has 3 heteroatoms. The zero-order chi connectivity index (χ0) is 11.7. The summed E-state index contributed by atoms with van der Waals surface area (Å²) in [7, 11) is 0. The van der Waals surface area contributed by atoms with Crippen molar-refractivity contribution in [2.75, 3.05) is 0 Å². The first-order valence-corrected chi connectivity index (χ1v) is 5.86. The highest BCUT2D eigenvalue weighted by atomic mass is 32.1. The van der Waals surface area contributed by atoms with E-state index in [9.17, 15) is 4.79 Å². The van der Waals surface area contributed by atoms with Crippen LogP contribution in [-0.2, 0) is 0 Å². The lowest BCUT2D eigenvalue weighted by atomic mass is 10.0. The van der Waals surface area contributed by atoms with E-state index in [1.165, 1.54) is 16.9 Å². The Morgan fingerprint density at radius 3 is 2.38 bits per heavy atom. The number of hydrogen-bond acceptors (Lipinski definition) is 2. The van der Waals surface area contributed by atoms with Crippen LogP contribution in [-0.4, -0.2) is 11.1 Å². The van der Waals surface area contributed by atoms with Gasteiger partial charge in [0.25, 0.3) is 0 Å². The molecule has 0 aliphatic rings. The lowest BCUT2D eigenvalue weighted by molar-refractivity contribution is 0.0697. The summed E-state index contributed by atoms with van der Waals surface area (Å²) in [4.78, 5) is 12.0. The van der Waals surface area contributed by atoms with Gasteiger partial charge < -0.3 is 5.11 Å². The average molecular weight is 232 g/mol. The minimum absolute atomic E-state index is 0.425. The maximum atomic E-state index is 11.2. The van der Waals surface area contributed by atoms with Crippen LogP contribution in [0.5, 0.6) is 0 Å². The number of carboxylic acid groups (broad SMARTS) is 1. The van der Waals surface area contributed by atoms with Crippen molar-refractivity contribution < 1.29 is 9.90 Å². The Hall–Kier alpha value is -1.61. The molecule has 0 spiro atoms. The topological polar surface area (TPSA) is 37.3 Å². The molecule has 1 N–H and O–H groups in total. The number of carbonyl (C=O) groups is 1. The van der Waals surface area contributed by atoms with Gasteiger partial charge in [0.05, 0.1) is 5.56 Å². The number of aromatic carboxylic acids is 1. The Morgan fingerprint density at radius 1 is 1.19 bits per heavy atom. The minimum atomic E-state index is -0.852. The van der Waals surface area contributed by atoms with Gasteiger partial charge in [0.1, 0.15) is 0 Å². The fraction of sp³-hybridized carbons (Fsp3) is 0.154. The molecule has 1 aromatic carbocycles. The third kappa shape index (κ3) is 1.86. The average Bonchev–Trinajstić information content (AvgIpc) is 2.61. The number of aryl methyl sites for hydroxylation is 2. The van der Waals surface area contributed by atoms with E-state index in [-0.39, 0.29) is 0 Å². The molecule has 0 radical (unpaired) electrons. The molecule has 0 saturated heterocycles. The number of hydrogen-bond donors (Lipinski definition) is 1. The molecule has 0 aliphatic heterocycles. The summed E-state index contributed by atoms with van der Waals surface area (Å²) in [5, 5.41) is 11.1. The molecule has 0 bridgehead atoms. The third-order valence-corrected chi connectivity index (χ3v) is 3.46. The molecule has 0 aliphatic carbocycles. The Morgan fingerprint density at radius 2 is 1.81 bits per heavy atom. The number of thiophene rings is 1. The largest absolute Gasteiger partial charge is 0.478 e. The van der Waals surface area contributed by atoms with Crippen LogP contribution in [0.3, 0.4) is 0 Å². The van der Waals surface area contributed by atoms with Crippen LogP contribution in [0.2, 0.25) is 0 Å². The Kier molecular flexibility index (Phi) is 2.79. The number of benzene rings is 1. The van der Waals surface area contributed by atoms with Gasteiger partial charge in [-0.2, -0.15) is 0 Å². The van der Waals surface area contributed by atoms with Crippen molar-refractivity contribution in [3.63, 3.8) is 0 Å². The molecule has 0 fully saturated rings. The summed E-state index contributed by atoms with van der Waals surface area (Å²) >= 11 is 1.48. The fourth-order valence-electron chi connectivity index (χ4n) is 1.67. The van der Waals surface area contributed by atoms with Crippen molar-refractivity contribution >= 4 is 17.3 Å². The van der Waals surface area contributed by atoms with E-state index in [2.05, 4.69) is 0 Å². The summed E-state index contributed by atoms with van der Waals surface area (Å²) in [6.07, 6.45) is 0. The molecule has 0 unspecified atom stereocenters. The van der Waals surface area contributed by atoms with Gasteiger partial charge in [-0.3, -0.25) is 0 Å². The van der Waals surface area contributed by atoms with Crippen molar-refractivity contribution in [2.45, 2.75) is 13.8 Å². The third-order valence-electron chi connectivity index (χ3n) is 2.55. The van der Waals surface area contributed by atoms with Gasteiger partial charge in [0.15, 0.2) is 0 Å². The molecular weight excluding hydrogens is 220 g/mol. The molecular formula is C13H12O2S. The van der Waals surface area contributed by atoms with Crippen LogP contribution in [0.15, 0.2) is 29.6 Å². The highest BCUT2D eigenvalue weighted by Crippen LogP contribution is 2.31. The van der Waals surface area contributed by atoms with Gasteiger partial charge in [-0.05, 0) is 24.8 Å². The molecule has 16 heavy (non-hydrogen) atoms. The molecule has 0 atom stereocenters. The second-order valence-electron chi connectivity index (χ2n) is 3.75. The van der Waals surface area contributed by atoms with E-state index in [0.29, 0.717) is 5.56 Å². The summed E-state index contributed by atoms with van der Waals surface area (Å²) in [6, 6.07) is 7.91. The molecule has 0 amide bonds. The van der Waals surface area contributed by atoms with Crippen LogP contribution in [0.4, 0.5) is 0 Å². The smallest absolute Gasteiger partial charge is 0.337 e. The first-order chi connectivity index (χ1) is 7.59. The lowest BCUT2D eigenvalue weighted by Gasteiger charge is -2.02. The van der Waals surface area contributed by atoms with Crippen molar-refractivity contribution in [3.8, 4) is 11.1 Å². The second-order valence-corrected chi connectivity index (χ2v) is 4.84. The zero-order valence-corrected chi connectivity index (χ0v) is 9.97. The Bertz CT molecular complexity index is 523. The molecule has 2 aromatic rings. The van der Waals surface area contributed by atoms with Crippen LogP contribution in [0.25, 0.3) is 11.1 Å². The van der Waals surface area contributed by atoms with E-state index in [1.807, 2.05) is 43.5 Å². The van der Waals surface area contributed by atoms with Gasteiger partial charge in [-0.15, -0.1) is 11.3 Å². The lowest BCUT2D eigenvalue weighted by Crippen LogP contribution is -1.98. The van der Waals surface area contributed by atoms with Crippen molar-refractivity contribution in [1.82, 2.24) is 0 Å². The van der Waals surface area contributed by atoms with Gasteiger partial charge in [-0.25, -0.2) is 4.79 Å². The van der Waals surface area contributed by atoms with E-state index in [0.717, 1.165) is 16.0 Å². The number of carboxylic acids is 1. The first kappa shape index (κ1) is 10.9. The molecule has 1 aromatic heterocycles. The van der Waals surface area contributed by atoms with Gasteiger partial charge in [0.2, 0.25) is 0 Å². The van der Waals surface area contributed by atoms with Crippen LogP contribution >= 0.6 is 11.3 Å². The minimum Gasteiger partial charge on any atom is -0.478 e. The standard InChI is InChI=1S/C13H12O2S/c1-8-3-5-10(6-4-8)11-7-16-9(2)12(11)13(14)15/h3-7H,1-2H3,(H,14,15). The van der Waals surface area contributed by atoms with E-state index in [1.54, 1.807) is 0 Å². The predicted molar refractivity (Wildman–Crippen MR) is 66.2 cm³/mol. The Balaban J connectivity index is 2.56. The summed E-state index contributed by atoms with van der Waals surface area (Å²) in [6.45, 7) is 3.85. The van der Waals surface area contributed by atoms with E-state index < -0.39 is 5.97 Å². The molecule has 2 rings (SSSR count). The van der Waals surface area contributed by atoms with Crippen molar-refractivity contribution in [2.24, 2.45) is 0 Å². The zero-order valence-electron chi connectivity index (χ0n) is 9.15. The monoisotopic (exact) mass is 232 g/mol. The fourth-order valence-corrected chi connectivity index (χ4v) is 2.53. The number of rotatable bonds is 2. The maximum Gasteiger partial charge on any atom is 0.337 e. The Labute approximate surface area is 98.2 Å². The highest BCUT2D eigenvalue weighted by molar-refractivity contribution is 7.10. The molecule has 0 saturated carbocycles. The van der Waals surface area contributed by atoms with Crippen LogP contribution in [0.1, 0.15) is 20.8 Å².